The summed E-state index contributed by atoms with van der Waals surface area (Å²) in [6, 6.07) is 0. The predicted molar refractivity (Wildman–Crippen MR) is 42.1 cm³/mol. The average Bonchev–Trinajstić information content (AvgIpc) is 1.59. The van der Waals surface area contributed by atoms with Gasteiger partial charge in [0.15, 0.2) is 6.54 Å². The molecular formula is C7H15N2O+. The van der Waals surface area contributed by atoms with Crippen molar-refractivity contribution in [3.8, 4) is 0 Å². The van der Waals surface area contributed by atoms with Crippen LogP contribution in [0.3, 0.4) is 0 Å². The van der Waals surface area contributed by atoms with E-state index in [4.69, 9.17) is 0 Å². The number of carbonyl (C=O) groups excluding carboxylic acids is 1. The molecule has 0 radical (unpaired) electrons. The van der Waals surface area contributed by atoms with Gasteiger partial charge in [-0.05, 0) is 6.92 Å². The summed E-state index contributed by atoms with van der Waals surface area (Å²) in [7, 11) is 5.88. The summed E-state index contributed by atoms with van der Waals surface area (Å²) < 4.78 is 0.635. The Hall–Kier alpha value is -0.700. The van der Waals surface area contributed by atoms with Crippen molar-refractivity contribution in [3.63, 3.8) is 0 Å². The first-order valence-corrected chi connectivity index (χ1v) is 3.27. The van der Waals surface area contributed by atoms with Crippen LogP contribution in [0.4, 0.5) is 0 Å². The van der Waals surface area contributed by atoms with Crippen LogP contribution in [0.25, 0.3) is 0 Å². The van der Waals surface area contributed by atoms with Crippen molar-refractivity contribution in [1.82, 2.24) is 0 Å². The maximum Gasteiger partial charge on any atom is 0.300 e. The molecule has 0 N–H and O–H groups in total. The second-order valence-electron chi connectivity index (χ2n) is 3.23. The number of rotatable bonds is 2. The standard InChI is InChI=1S/C7H15N2O/c1-5-8-7(10)6-9(2,3)4/h5H,6H2,1-4H3/q+1. The summed E-state index contributed by atoms with van der Waals surface area (Å²) in [5, 5.41) is 0. The van der Waals surface area contributed by atoms with Gasteiger partial charge in [0.05, 0.1) is 21.1 Å². The summed E-state index contributed by atoms with van der Waals surface area (Å²) in [6.07, 6.45) is 1.53. The molecule has 0 saturated heterocycles. The second kappa shape index (κ2) is 3.46. The van der Waals surface area contributed by atoms with Crippen LogP contribution in [0.1, 0.15) is 6.92 Å². The highest BCUT2D eigenvalue weighted by Gasteiger charge is 2.11. The van der Waals surface area contributed by atoms with Gasteiger partial charge in [0.1, 0.15) is 0 Å². The molecule has 1 amide bonds. The zero-order chi connectivity index (χ0) is 8.20. The van der Waals surface area contributed by atoms with Gasteiger partial charge in [-0.3, -0.25) is 4.79 Å². The van der Waals surface area contributed by atoms with Crippen molar-refractivity contribution in [2.45, 2.75) is 6.92 Å². The smallest absolute Gasteiger partial charge is 0.300 e. The molecule has 0 saturated carbocycles. The quantitative estimate of drug-likeness (QED) is 0.404. The highest BCUT2D eigenvalue weighted by atomic mass is 16.1. The Morgan fingerprint density at radius 2 is 2.00 bits per heavy atom. The van der Waals surface area contributed by atoms with Gasteiger partial charge in [-0.25, -0.2) is 4.99 Å². The molecule has 58 valence electrons. The molecule has 0 aliphatic rings. The fourth-order valence-corrected chi connectivity index (χ4v) is 0.591. The van der Waals surface area contributed by atoms with E-state index in [-0.39, 0.29) is 5.91 Å². The molecule has 0 aliphatic carbocycles. The Bertz CT molecular complexity index is 144. The zero-order valence-corrected chi connectivity index (χ0v) is 7.09. The molecular weight excluding hydrogens is 128 g/mol. The summed E-state index contributed by atoms with van der Waals surface area (Å²) in [4.78, 5) is 14.5. The first kappa shape index (κ1) is 9.30. The molecule has 3 heteroatoms. The van der Waals surface area contributed by atoms with Crippen molar-refractivity contribution in [2.75, 3.05) is 27.7 Å². The Morgan fingerprint density at radius 3 is 2.30 bits per heavy atom. The molecule has 0 unspecified atom stereocenters. The molecule has 0 aromatic heterocycles. The molecule has 0 heterocycles. The van der Waals surface area contributed by atoms with E-state index in [1.165, 1.54) is 6.21 Å². The first-order chi connectivity index (χ1) is 4.45. The second-order valence-corrected chi connectivity index (χ2v) is 3.23. The fourth-order valence-electron chi connectivity index (χ4n) is 0.591. The van der Waals surface area contributed by atoms with Crippen molar-refractivity contribution in [2.24, 2.45) is 4.99 Å². The van der Waals surface area contributed by atoms with Gasteiger partial charge in [0, 0.05) is 6.21 Å². The lowest BCUT2D eigenvalue weighted by atomic mass is 10.5. The van der Waals surface area contributed by atoms with Crippen LogP contribution in [-0.4, -0.2) is 44.3 Å². The molecule has 0 rings (SSSR count). The maximum atomic E-state index is 10.8. The molecule has 3 nitrogen and oxygen atoms in total. The number of nitrogens with zero attached hydrogens (tertiary/aromatic N) is 2. The number of hydrogen-bond donors (Lipinski definition) is 0. The number of amides is 1. The SMILES string of the molecule is CC=NC(=O)C[N+](C)(C)C. The van der Waals surface area contributed by atoms with E-state index in [2.05, 4.69) is 4.99 Å². The summed E-state index contributed by atoms with van der Waals surface area (Å²) in [6.45, 7) is 2.21. The molecule has 0 aliphatic heterocycles. The Kier molecular flexibility index (Phi) is 3.22. The third-order valence-electron chi connectivity index (χ3n) is 0.883. The minimum atomic E-state index is -0.0602. The Balaban J connectivity index is 3.81. The topological polar surface area (TPSA) is 29.4 Å². The van der Waals surface area contributed by atoms with Crippen LogP contribution >= 0.6 is 0 Å². The monoisotopic (exact) mass is 143 g/mol. The van der Waals surface area contributed by atoms with E-state index in [9.17, 15) is 4.79 Å². The van der Waals surface area contributed by atoms with E-state index in [1.54, 1.807) is 6.92 Å². The van der Waals surface area contributed by atoms with Gasteiger partial charge in [-0.15, -0.1) is 0 Å². The average molecular weight is 143 g/mol. The Labute approximate surface area is 62.0 Å². The molecule has 10 heavy (non-hydrogen) atoms. The maximum absolute atomic E-state index is 10.8. The summed E-state index contributed by atoms with van der Waals surface area (Å²) in [5.41, 5.74) is 0. The van der Waals surface area contributed by atoms with Crippen LogP contribution in [-0.2, 0) is 4.79 Å². The fraction of sp³-hybridized carbons (Fsp3) is 0.714. The van der Waals surface area contributed by atoms with Gasteiger partial charge in [0.2, 0.25) is 0 Å². The van der Waals surface area contributed by atoms with Crippen LogP contribution in [0.15, 0.2) is 4.99 Å². The van der Waals surface area contributed by atoms with Gasteiger partial charge >= 0.3 is 0 Å². The van der Waals surface area contributed by atoms with E-state index in [0.29, 0.717) is 11.0 Å². The van der Waals surface area contributed by atoms with Crippen LogP contribution < -0.4 is 0 Å². The van der Waals surface area contributed by atoms with Crippen LogP contribution in [0.5, 0.6) is 0 Å². The van der Waals surface area contributed by atoms with E-state index in [1.807, 2.05) is 21.1 Å². The number of quaternary nitrogens is 1. The minimum Gasteiger partial charge on any atom is -0.323 e. The summed E-state index contributed by atoms with van der Waals surface area (Å²) >= 11 is 0. The van der Waals surface area contributed by atoms with Gasteiger partial charge in [-0.1, -0.05) is 0 Å². The molecule has 0 atom stereocenters. The number of aliphatic imine (C=N–C) groups is 1. The highest BCUT2D eigenvalue weighted by molar-refractivity contribution is 5.85. The van der Waals surface area contributed by atoms with Gasteiger partial charge < -0.3 is 4.48 Å². The van der Waals surface area contributed by atoms with Gasteiger partial charge in [0.25, 0.3) is 5.91 Å². The molecule has 0 bridgehead atoms. The number of likely N-dealkylation sites (N-methyl/N-ethyl adjacent to an activating group) is 1. The molecule has 0 fully saturated rings. The molecule has 0 spiro atoms. The van der Waals surface area contributed by atoms with E-state index >= 15 is 0 Å². The van der Waals surface area contributed by atoms with E-state index in [0.717, 1.165) is 0 Å². The van der Waals surface area contributed by atoms with Crippen molar-refractivity contribution < 1.29 is 9.28 Å². The lowest BCUT2D eigenvalue weighted by Crippen LogP contribution is -2.38. The minimum absolute atomic E-state index is 0.0602. The number of hydrogen-bond acceptors (Lipinski definition) is 1. The van der Waals surface area contributed by atoms with Gasteiger partial charge in [-0.2, -0.15) is 0 Å². The van der Waals surface area contributed by atoms with Crippen molar-refractivity contribution in [1.29, 1.82) is 0 Å². The molecule has 0 aromatic rings. The largest absolute Gasteiger partial charge is 0.323 e. The molecule has 0 aromatic carbocycles. The number of carbonyl (C=O) groups is 1. The predicted octanol–water partition coefficient (Wildman–Crippen LogP) is 0.310. The lowest BCUT2D eigenvalue weighted by Gasteiger charge is -2.21. The lowest BCUT2D eigenvalue weighted by molar-refractivity contribution is -0.862. The first-order valence-electron chi connectivity index (χ1n) is 3.27. The third kappa shape index (κ3) is 5.44. The normalized spacial score (nSPS) is 12.4. The summed E-state index contributed by atoms with van der Waals surface area (Å²) in [5.74, 6) is -0.0602. The van der Waals surface area contributed by atoms with Crippen molar-refractivity contribution >= 4 is 12.1 Å². The van der Waals surface area contributed by atoms with Crippen molar-refractivity contribution in [3.05, 3.63) is 0 Å². The zero-order valence-electron chi connectivity index (χ0n) is 7.09. The Morgan fingerprint density at radius 1 is 1.50 bits per heavy atom. The van der Waals surface area contributed by atoms with Crippen LogP contribution in [0, 0.1) is 0 Å². The van der Waals surface area contributed by atoms with E-state index < -0.39 is 0 Å². The highest BCUT2D eigenvalue weighted by Crippen LogP contribution is 1.89. The van der Waals surface area contributed by atoms with Crippen LogP contribution in [0.2, 0.25) is 0 Å². The third-order valence-corrected chi connectivity index (χ3v) is 0.883.